The number of aromatic nitrogens is 2. The molecular weight excluding hydrogens is 140 g/mol. The molecule has 0 amide bonds. The molecule has 3 heteroatoms. The van der Waals surface area contributed by atoms with Crippen molar-refractivity contribution in [2.24, 2.45) is 0 Å². The molecule has 3 nitrogen and oxygen atoms in total. The van der Waals surface area contributed by atoms with E-state index in [1.807, 2.05) is 6.92 Å². The smallest absolute Gasteiger partial charge is 0.109 e. The summed E-state index contributed by atoms with van der Waals surface area (Å²) in [6.45, 7) is 6.08. The van der Waals surface area contributed by atoms with Crippen LogP contribution in [0.2, 0.25) is 0 Å². The molecule has 0 saturated heterocycles. The van der Waals surface area contributed by atoms with Crippen molar-refractivity contribution in [1.82, 2.24) is 9.97 Å². The highest BCUT2D eigenvalue weighted by atomic mass is 16.3. The second kappa shape index (κ2) is 3.05. The minimum absolute atomic E-state index is 0.0229. The molecule has 0 aliphatic heterocycles. The first-order chi connectivity index (χ1) is 5.15. The molecule has 0 aliphatic carbocycles. The summed E-state index contributed by atoms with van der Waals surface area (Å²) in [7, 11) is 0. The van der Waals surface area contributed by atoms with E-state index in [0.29, 0.717) is 5.92 Å². The highest BCUT2D eigenvalue weighted by Gasteiger charge is 2.07. The first kappa shape index (κ1) is 8.27. The van der Waals surface area contributed by atoms with E-state index in [4.69, 9.17) is 5.11 Å². The predicted octanol–water partition coefficient (Wildman–Crippen LogP) is 1.33. The lowest BCUT2D eigenvalue weighted by Crippen LogP contribution is -1.90. The van der Waals surface area contributed by atoms with Crippen molar-refractivity contribution in [3.05, 3.63) is 17.2 Å². The minimum atomic E-state index is 0.0229. The van der Waals surface area contributed by atoms with Crippen LogP contribution in [-0.2, 0) is 6.61 Å². The van der Waals surface area contributed by atoms with E-state index in [1.54, 1.807) is 0 Å². The number of hydrogen-bond donors (Lipinski definition) is 2. The van der Waals surface area contributed by atoms with Crippen molar-refractivity contribution in [1.29, 1.82) is 0 Å². The molecule has 11 heavy (non-hydrogen) atoms. The average Bonchev–Trinajstić information content (AvgIpc) is 2.31. The van der Waals surface area contributed by atoms with Crippen molar-refractivity contribution in [2.45, 2.75) is 33.3 Å². The van der Waals surface area contributed by atoms with Gasteiger partial charge in [-0.3, -0.25) is 0 Å². The van der Waals surface area contributed by atoms with Gasteiger partial charge in [-0.25, -0.2) is 4.98 Å². The first-order valence-corrected chi connectivity index (χ1v) is 3.81. The summed E-state index contributed by atoms with van der Waals surface area (Å²) in [5.74, 6) is 1.35. The Morgan fingerprint density at radius 2 is 2.18 bits per heavy atom. The topological polar surface area (TPSA) is 48.9 Å². The van der Waals surface area contributed by atoms with Crippen LogP contribution >= 0.6 is 0 Å². The molecule has 0 atom stereocenters. The lowest BCUT2D eigenvalue weighted by molar-refractivity contribution is 0.276. The molecule has 0 saturated carbocycles. The summed E-state index contributed by atoms with van der Waals surface area (Å²) in [6.07, 6.45) is 0. The largest absolute Gasteiger partial charge is 0.390 e. The molecule has 0 aliphatic rings. The van der Waals surface area contributed by atoms with Crippen molar-refractivity contribution < 1.29 is 5.11 Å². The van der Waals surface area contributed by atoms with E-state index in [1.165, 1.54) is 0 Å². The van der Waals surface area contributed by atoms with E-state index in [0.717, 1.165) is 17.2 Å². The molecule has 1 aromatic heterocycles. The molecule has 1 aromatic rings. The number of aliphatic hydroxyl groups excluding tert-OH is 1. The molecular formula is C8H14N2O. The number of nitrogens with one attached hydrogen (secondary N) is 1. The maximum Gasteiger partial charge on any atom is 0.109 e. The van der Waals surface area contributed by atoms with Crippen LogP contribution in [0.4, 0.5) is 0 Å². The van der Waals surface area contributed by atoms with Gasteiger partial charge >= 0.3 is 0 Å². The third-order valence-corrected chi connectivity index (χ3v) is 1.70. The van der Waals surface area contributed by atoms with Gasteiger partial charge in [0.25, 0.3) is 0 Å². The van der Waals surface area contributed by atoms with Gasteiger partial charge < -0.3 is 10.1 Å². The zero-order valence-corrected chi connectivity index (χ0v) is 7.18. The Labute approximate surface area is 66.5 Å². The summed E-state index contributed by atoms with van der Waals surface area (Å²) in [5, 5.41) is 8.83. The maximum absolute atomic E-state index is 8.83. The van der Waals surface area contributed by atoms with E-state index in [2.05, 4.69) is 23.8 Å². The quantitative estimate of drug-likeness (QED) is 0.675. The van der Waals surface area contributed by atoms with Crippen molar-refractivity contribution in [3.8, 4) is 0 Å². The molecule has 62 valence electrons. The van der Waals surface area contributed by atoms with E-state index < -0.39 is 0 Å². The van der Waals surface area contributed by atoms with Crippen LogP contribution in [0.5, 0.6) is 0 Å². The van der Waals surface area contributed by atoms with Gasteiger partial charge in [0.15, 0.2) is 0 Å². The number of H-pyrrole nitrogens is 1. The van der Waals surface area contributed by atoms with E-state index in [9.17, 15) is 0 Å². The molecule has 0 bridgehead atoms. The summed E-state index contributed by atoms with van der Waals surface area (Å²) < 4.78 is 0. The lowest BCUT2D eigenvalue weighted by Gasteiger charge is -1.96. The number of rotatable bonds is 2. The molecule has 1 rings (SSSR count). The third-order valence-electron chi connectivity index (χ3n) is 1.70. The molecule has 0 fully saturated rings. The van der Waals surface area contributed by atoms with E-state index in [-0.39, 0.29) is 6.61 Å². The number of nitrogens with zero attached hydrogens (tertiary/aromatic N) is 1. The molecule has 1 heterocycles. The number of aliphatic hydroxyl groups is 1. The second-order valence-electron chi connectivity index (χ2n) is 3.01. The Morgan fingerprint density at radius 1 is 1.55 bits per heavy atom. The number of imidazole rings is 1. The highest BCUT2D eigenvalue weighted by molar-refractivity contribution is 5.13. The van der Waals surface area contributed by atoms with Crippen molar-refractivity contribution >= 4 is 0 Å². The molecule has 0 aromatic carbocycles. The molecule has 0 spiro atoms. The summed E-state index contributed by atoms with van der Waals surface area (Å²) in [4.78, 5) is 7.35. The lowest BCUT2D eigenvalue weighted by atomic mass is 10.2. The van der Waals surface area contributed by atoms with Gasteiger partial charge in [0.1, 0.15) is 5.82 Å². The average molecular weight is 154 g/mol. The maximum atomic E-state index is 8.83. The summed E-state index contributed by atoms with van der Waals surface area (Å²) >= 11 is 0. The fraction of sp³-hybridized carbons (Fsp3) is 0.625. The van der Waals surface area contributed by atoms with Gasteiger partial charge in [-0.05, 0) is 6.92 Å². The van der Waals surface area contributed by atoms with Gasteiger partial charge in [-0.15, -0.1) is 0 Å². The Hall–Kier alpha value is -0.830. The Kier molecular flexibility index (Phi) is 2.29. The van der Waals surface area contributed by atoms with Gasteiger partial charge in [0, 0.05) is 11.6 Å². The predicted molar refractivity (Wildman–Crippen MR) is 43.3 cm³/mol. The van der Waals surface area contributed by atoms with Crippen LogP contribution in [0.1, 0.15) is 37.0 Å². The van der Waals surface area contributed by atoms with Crippen molar-refractivity contribution in [2.75, 3.05) is 0 Å². The molecule has 0 radical (unpaired) electrons. The van der Waals surface area contributed by atoms with Gasteiger partial charge in [0.05, 0.1) is 12.3 Å². The Morgan fingerprint density at radius 3 is 2.45 bits per heavy atom. The van der Waals surface area contributed by atoms with Gasteiger partial charge in [-0.2, -0.15) is 0 Å². The summed E-state index contributed by atoms with van der Waals surface area (Å²) in [5.41, 5.74) is 1.73. The van der Waals surface area contributed by atoms with Crippen LogP contribution < -0.4 is 0 Å². The number of hydrogen-bond acceptors (Lipinski definition) is 2. The highest BCUT2D eigenvalue weighted by Crippen LogP contribution is 2.12. The van der Waals surface area contributed by atoms with Gasteiger partial charge in [-0.1, -0.05) is 13.8 Å². The zero-order valence-electron chi connectivity index (χ0n) is 7.18. The Bertz CT molecular complexity index is 240. The van der Waals surface area contributed by atoms with E-state index >= 15 is 0 Å². The molecule has 2 N–H and O–H groups in total. The number of aromatic amines is 1. The van der Waals surface area contributed by atoms with Crippen LogP contribution in [0.3, 0.4) is 0 Å². The fourth-order valence-electron chi connectivity index (χ4n) is 0.949. The third kappa shape index (κ3) is 1.60. The minimum Gasteiger partial charge on any atom is -0.390 e. The van der Waals surface area contributed by atoms with Crippen LogP contribution in [0.25, 0.3) is 0 Å². The first-order valence-electron chi connectivity index (χ1n) is 3.81. The standard InChI is InChI=1S/C8H14N2O/c1-5(2)8-9-6(3)7(4-11)10-8/h5,11H,4H2,1-3H3,(H,9,10). The molecule has 0 unspecified atom stereocenters. The Balaban J connectivity index is 2.95. The normalized spacial score (nSPS) is 11.0. The van der Waals surface area contributed by atoms with Crippen LogP contribution in [0, 0.1) is 6.92 Å². The van der Waals surface area contributed by atoms with Crippen molar-refractivity contribution in [3.63, 3.8) is 0 Å². The monoisotopic (exact) mass is 154 g/mol. The summed E-state index contributed by atoms with van der Waals surface area (Å²) in [6, 6.07) is 0. The van der Waals surface area contributed by atoms with Gasteiger partial charge in [0.2, 0.25) is 0 Å². The fourth-order valence-corrected chi connectivity index (χ4v) is 0.949. The second-order valence-corrected chi connectivity index (χ2v) is 3.01. The SMILES string of the molecule is Cc1[nH]c(C(C)C)nc1CO. The zero-order chi connectivity index (χ0) is 8.43. The number of aryl methyl sites for hydroxylation is 1. The van der Waals surface area contributed by atoms with Crippen LogP contribution in [-0.4, -0.2) is 15.1 Å². The van der Waals surface area contributed by atoms with Crippen LogP contribution in [0.15, 0.2) is 0 Å².